The molecule has 0 saturated carbocycles. The maximum Gasteiger partial charge on any atom is 0.335 e. The highest BCUT2D eigenvalue weighted by atomic mass is 79.9. The van der Waals surface area contributed by atoms with E-state index in [1.807, 2.05) is 0 Å². The van der Waals surface area contributed by atoms with Gasteiger partial charge in [0.2, 0.25) is 0 Å². The van der Waals surface area contributed by atoms with E-state index in [4.69, 9.17) is 5.11 Å². The molecule has 0 saturated heterocycles. The van der Waals surface area contributed by atoms with Crippen molar-refractivity contribution < 1.29 is 19.6 Å². The summed E-state index contributed by atoms with van der Waals surface area (Å²) in [5.74, 6) is -1.72. The molecule has 0 unspecified atom stereocenters. The predicted octanol–water partition coefficient (Wildman–Crippen LogP) is 1.87. The molecule has 1 N–H and O–H groups in total. The van der Waals surface area contributed by atoms with Crippen LogP contribution in [0.15, 0.2) is 18.2 Å². The molecule has 84 valence electrons. The Morgan fingerprint density at radius 1 is 1.31 bits per heavy atom. The van der Waals surface area contributed by atoms with Gasteiger partial charge in [-0.05, 0) is 6.07 Å². The Labute approximate surface area is 98.2 Å². The molecular formula is C9H6BrNO5. The Kier molecular flexibility index (Phi) is 3.73. The second-order valence-electron chi connectivity index (χ2n) is 2.89. The van der Waals surface area contributed by atoms with E-state index in [-0.39, 0.29) is 16.5 Å². The Morgan fingerprint density at radius 2 is 1.88 bits per heavy atom. The highest BCUT2D eigenvalue weighted by Gasteiger charge is 2.16. The first-order valence-electron chi connectivity index (χ1n) is 4.07. The number of carboxylic acid groups (broad SMARTS) is 1. The topological polar surface area (TPSA) is 97.5 Å². The minimum atomic E-state index is -1.31. The largest absolute Gasteiger partial charge is 0.478 e. The summed E-state index contributed by atoms with van der Waals surface area (Å²) in [5, 5.41) is 19.2. The van der Waals surface area contributed by atoms with Crippen molar-refractivity contribution in [2.75, 3.05) is 5.33 Å². The van der Waals surface area contributed by atoms with Crippen molar-refractivity contribution in [3.05, 3.63) is 39.4 Å². The smallest absolute Gasteiger partial charge is 0.335 e. The van der Waals surface area contributed by atoms with Gasteiger partial charge in [0.05, 0.1) is 15.8 Å². The molecule has 0 heterocycles. The average Bonchev–Trinajstić information content (AvgIpc) is 2.27. The van der Waals surface area contributed by atoms with E-state index >= 15 is 0 Å². The molecule has 0 aliphatic carbocycles. The summed E-state index contributed by atoms with van der Waals surface area (Å²) in [6.07, 6.45) is 0. The molecule has 7 heteroatoms. The van der Waals surface area contributed by atoms with Gasteiger partial charge in [-0.2, -0.15) is 0 Å². The molecule has 6 nitrogen and oxygen atoms in total. The number of carbonyl (C=O) groups excluding carboxylic acids is 1. The van der Waals surface area contributed by atoms with Crippen LogP contribution in [-0.4, -0.2) is 27.1 Å². The zero-order valence-corrected chi connectivity index (χ0v) is 9.43. The number of halogens is 1. The number of hydrogen-bond donors (Lipinski definition) is 1. The van der Waals surface area contributed by atoms with Crippen molar-refractivity contribution in [1.29, 1.82) is 0 Å². The maximum absolute atomic E-state index is 11.3. The standard InChI is InChI=1S/C9H6BrNO5/c10-4-8(12)5-1-6(9(13)14)3-7(2-5)11(15)16/h1-3H,4H2,(H,13,14). The maximum atomic E-state index is 11.3. The summed E-state index contributed by atoms with van der Waals surface area (Å²) in [7, 11) is 0. The van der Waals surface area contributed by atoms with Gasteiger partial charge in [0.15, 0.2) is 5.78 Å². The van der Waals surface area contributed by atoms with Crippen molar-refractivity contribution in [1.82, 2.24) is 0 Å². The number of aromatic carboxylic acids is 1. The number of benzene rings is 1. The first kappa shape index (κ1) is 12.3. The van der Waals surface area contributed by atoms with Crippen LogP contribution in [0, 0.1) is 10.1 Å². The van der Waals surface area contributed by atoms with Crippen LogP contribution in [-0.2, 0) is 0 Å². The number of nitro benzene ring substituents is 1. The number of alkyl halides is 1. The third-order valence-corrected chi connectivity index (χ3v) is 2.33. The van der Waals surface area contributed by atoms with Crippen molar-refractivity contribution in [3.63, 3.8) is 0 Å². The quantitative estimate of drug-likeness (QED) is 0.395. The lowest BCUT2D eigenvalue weighted by Crippen LogP contribution is -2.05. The summed E-state index contributed by atoms with van der Waals surface area (Å²) >= 11 is 2.91. The third-order valence-electron chi connectivity index (χ3n) is 1.82. The average molecular weight is 288 g/mol. The van der Waals surface area contributed by atoms with Gasteiger partial charge in [-0.3, -0.25) is 14.9 Å². The Balaban J connectivity index is 3.35. The number of non-ortho nitro benzene ring substituents is 1. The van der Waals surface area contributed by atoms with Gasteiger partial charge in [-0.1, -0.05) is 15.9 Å². The van der Waals surface area contributed by atoms with Crippen LogP contribution in [0.5, 0.6) is 0 Å². The lowest BCUT2D eigenvalue weighted by Gasteiger charge is -2.00. The number of carbonyl (C=O) groups is 2. The first-order chi connectivity index (χ1) is 7.45. The van der Waals surface area contributed by atoms with E-state index in [1.165, 1.54) is 0 Å². The molecule has 0 fully saturated rings. The van der Waals surface area contributed by atoms with Crippen molar-refractivity contribution in [2.45, 2.75) is 0 Å². The lowest BCUT2D eigenvalue weighted by molar-refractivity contribution is -0.384. The molecule has 0 bridgehead atoms. The molecule has 0 aliphatic rings. The van der Waals surface area contributed by atoms with Crippen LogP contribution in [0.3, 0.4) is 0 Å². The van der Waals surface area contributed by atoms with Crippen LogP contribution in [0.4, 0.5) is 5.69 Å². The summed E-state index contributed by atoms with van der Waals surface area (Å²) in [5.41, 5.74) is -0.689. The van der Waals surface area contributed by atoms with Crippen molar-refractivity contribution in [2.24, 2.45) is 0 Å². The fourth-order valence-electron chi connectivity index (χ4n) is 1.08. The fourth-order valence-corrected chi connectivity index (χ4v) is 1.40. The van der Waals surface area contributed by atoms with Crippen LogP contribution in [0.2, 0.25) is 0 Å². The van der Waals surface area contributed by atoms with Gasteiger partial charge in [0.25, 0.3) is 5.69 Å². The highest BCUT2D eigenvalue weighted by Crippen LogP contribution is 2.18. The molecule has 0 radical (unpaired) electrons. The summed E-state index contributed by atoms with van der Waals surface area (Å²) in [4.78, 5) is 31.8. The van der Waals surface area contributed by atoms with Crippen LogP contribution in [0.1, 0.15) is 20.7 Å². The van der Waals surface area contributed by atoms with Crippen molar-refractivity contribution in [3.8, 4) is 0 Å². The molecule has 16 heavy (non-hydrogen) atoms. The van der Waals surface area contributed by atoms with Crippen molar-refractivity contribution >= 4 is 33.4 Å². The van der Waals surface area contributed by atoms with Crippen LogP contribution < -0.4 is 0 Å². The minimum Gasteiger partial charge on any atom is -0.478 e. The van der Waals surface area contributed by atoms with Crippen LogP contribution in [0.25, 0.3) is 0 Å². The highest BCUT2D eigenvalue weighted by molar-refractivity contribution is 9.09. The third kappa shape index (κ3) is 2.63. The molecule has 0 aromatic heterocycles. The zero-order chi connectivity index (χ0) is 12.3. The first-order valence-corrected chi connectivity index (χ1v) is 5.19. The SMILES string of the molecule is O=C(O)c1cc(C(=O)CBr)cc([N+](=O)[O-])c1. The molecule has 1 rings (SSSR count). The van der Waals surface area contributed by atoms with E-state index < -0.39 is 22.4 Å². The number of rotatable bonds is 4. The number of nitrogens with zero attached hydrogens (tertiary/aromatic N) is 1. The molecule has 0 atom stereocenters. The normalized spacial score (nSPS) is 9.81. The van der Waals surface area contributed by atoms with Gasteiger partial charge in [0.1, 0.15) is 0 Å². The Hall–Kier alpha value is -1.76. The summed E-state index contributed by atoms with van der Waals surface area (Å²) < 4.78 is 0. The molecule has 1 aromatic rings. The number of hydrogen-bond acceptors (Lipinski definition) is 4. The minimum absolute atomic E-state index is 0.00322. The monoisotopic (exact) mass is 287 g/mol. The number of ketones is 1. The second kappa shape index (κ2) is 4.84. The van der Waals surface area contributed by atoms with E-state index in [0.717, 1.165) is 18.2 Å². The van der Waals surface area contributed by atoms with Gasteiger partial charge in [-0.15, -0.1) is 0 Å². The molecule has 0 aliphatic heterocycles. The van der Waals surface area contributed by atoms with Gasteiger partial charge >= 0.3 is 5.97 Å². The van der Waals surface area contributed by atoms with Gasteiger partial charge in [0, 0.05) is 17.7 Å². The zero-order valence-electron chi connectivity index (χ0n) is 7.84. The number of carboxylic acids is 1. The van der Waals surface area contributed by atoms with Gasteiger partial charge < -0.3 is 5.11 Å². The molecular weight excluding hydrogens is 282 g/mol. The van der Waals surface area contributed by atoms with E-state index in [1.54, 1.807) is 0 Å². The second-order valence-corrected chi connectivity index (χ2v) is 3.45. The Morgan fingerprint density at radius 3 is 2.31 bits per heavy atom. The van der Waals surface area contributed by atoms with E-state index in [2.05, 4.69) is 15.9 Å². The fraction of sp³-hybridized carbons (Fsp3) is 0.111. The molecule has 0 amide bonds. The molecule has 1 aromatic carbocycles. The number of Topliss-reactive ketones (excluding diaryl/α,β-unsaturated/α-hetero) is 1. The van der Waals surface area contributed by atoms with E-state index in [9.17, 15) is 19.7 Å². The Bertz CT molecular complexity index is 439. The predicted molar refractivity (Wildman–Crippen MR) is 58.2 cm³/mol. The summed E-state index contributed by atoms with van der Waals surface area (Å²) in [6, 6.07) is 3.07. The van der Waals surface area contributed by atoms with E-state index in [0.29, 0.717) is 0 Å². The van der Waals surface area contributed by atoms with Crippen LogP contribution >= 0.6 is 15.9 Å². The summed E-state index contributed by atoms with van der Waals surface area (Å²) in [6.45, 7) is 0. The number of nitro groups is 1. The molecule has 0 spiro atoms. The van der Waals surface area contributed by atoms with Gasteiger partial charge in [-0.25, -0.2) is 4.79 Å². The lowest BCUT2D eigenvalue weighted by atomic mass is 10.1.